The Kier molecular flexibility index (Phi) is 8.28. The standard InChI is InChI=1S/C34H33BrN4O5/c1-19-12-20(2)23(13-21(19)18-44-30-9-7-6-8-25(30)35)31-24(17-36)33(37)38(28-15-34(3,4)16-29(40)32(28)31)26-11-10-22(43-5)14-27(26)39(41)42/h6-14,31H,15-16,18,37H2,1-5H3. The molecule has 44 heavy (non-hydrogen) atoms. The van der Waals surface area contributed by atoms with Crippen LogP contribution in [0.4, 0.5) is 11.4 Å². The quantitative estimate of drug-likeness (QED) is 0.204. The molecule has 5 rings (SSSR count). The van der Waals surface area contributed by atoms with Gasteiger partial charge in [0.15, 0.2) is 5.78 Å². The number of aryl methyl sites for hydroxylation is 2. The Hall–Kier alpha value is -4.62. The molecule has 0 fully saturated rings. The summed E-state index contributed by atoms with van der Waals surface area (Å²) < 4.78 is 12.2. The van der Waals surface area contributed by atoms with Crippen molar-refractivity contribution in [3.63, 3.8) is 0 Å². The Balaban J connectivity index is 1.71. The third-order valence-corrected chi connectivity index (χ3v) is 8.91. The molecule has 10 heteroatoms. The van der Waals surface area contributed by atoms with Gasteiger partial charge in [0.2, 0.25) is 0 Å². The number of ketones is 1. The van der Waals surface area contributed by atoms with E-state index in [1.165, 1.54) is 18.1 Å². The Morgan fingerprint density at radius 3 is 2.52 bits per heavy atom. The second-order valence-corrected chi connectivity index (χ2v) is 12.8. The maximum atomic E-state index is 14.1. The highest BCUT2D eigenvalue weighted by molar-refractivity contribution is 9.10. The molecule has 0 bridgehead atoms. The fourth-order valence-electron chi connectivity index (χ4n) is 6.16. The monoisotopic (exact) mass is 656 g/mol. The van der Waals surface area contributed by atoms with Gasteiger partial charge in [-0.25, -0.2) is 0 Å². The van der Waals surface area contributed by atoms with Crippen molar-refractivity contribution in [3.05, 3.63) is 114 Å². The number of carbonyl (C=O) groups is 1. The lowest BCUT2D eigenvalue weighted by Crippen LogP contribution is -2.42. The van der Waals surface area contributed by atoms with Gasteiger partial charge in [0, 0.05) is 17.7 Å². The van der Waals surface area contributed by atoms with Crippen LogP contribution < -0.4 is 20.1 Å². The molecule has 0 saturated heterocycles. The molecule has 0 radical (unpaired) electrons. The van der Waals surface area contributed by atoms with E-state index in [1.807, 2.05) is 64.1 Å². The van der Waals surface area contributed by atoms with Crippen LogP contribution in [0.25, 0.3) is 0 Å². The number of nitriles is 1. The molecule has 0 aromatic heterocycles. The van der Waals surface area contributed by atoms with E-state index in [2.05, 4.69) is 22.0 Å². The molecule has 226 valence electrons. The molecular formula is C34H33BrN4O5. The summed E-state index contributed by atoms with van der Waals surface area (Å²) in [4.78, 5) is 27.3. The smallest absolute Gasteiger partial charge is 0.296 e. The van der Waals surface area contributed by atoms with Crippen LogP contribution in [0, 0.1) is 40.7 Å². The van der Waals surface area contributed by atoms with Gasteiger partial charge in [-0.1, -0.05) is 38.1 Å². The molecule has 2 N–H and O–H groups in total. The van der Waals surface area contributed by atoms with Gasteiger partial charge in [0.25, 0.3) is 5.69 Å². The Morgan fingerprint density at radius 2 is 1.86 bits per heavy atom. The third-order valence-electron chi connectivity index (χ3n) is 8.26. The van der Waals surface area contributed by atoms with Gasteiger partial charge >= 0.3 is 0 Å². The molecule has 0 amide bonds. The molecule has 1 aliphatic heterocycles. The van der Waals surface area contributed by atoms with Gasteiger partial charge in [0.05, 0.1) is 40.1 Å². The lowest BCUT2D eigenvalue weighted by molar-refractivity contribution is -0.384. The average molecular weight is 658 g/mol. The van der Waals surface area contributed by atoms with Crippen molar-refractivity contribution in [1.82, 2.24) is 0 Å². The van der Waals surface area contributed by atoms with Crippen LogP contribution >= 0.6 is 15.9 Å². The number of allylic oxidation sites excluding steroid dienone is 3. The number of nitrogens with two attached hydrogens (primary N) is 1. The maximum Gasteiger partial charge on any atom is 0.296 e. The number of methoxy groups -OCH3 is 1. The summed E-state index contributed by atoms with van der Waals surface area (Å²) in [6.45, 7) is 8.18. The van der Waals surface area contributed by atoms with E-state index in [0.29, 0.717) is 29.2 Å². The molecule has 0 spiro atoms. The van der Waals surface area contributed by atoms with Gasteiger partial charge in [-0.3, -0.25) is 19.8 Å². The lowest BCUT2D eigenvalue weighted by Gasteiger charge is -2.43. The summed E-state index contributed by atoms with van der Waals surface area (Å²) in [5.41, 5.74) is 11.0. The highest BCUT2D eigenvalue weighted by Crippen LogP contribution is 2.52. The number of hydrogen-bond acceptors (Lipinski definition) is 8. The first-order valence-electron chi connectivity index (χ1n) is 14.1. The molecule has 1 unspecified atom stereocenters. The SMILES string of the molecule is COc1ccc(N2C(N)=C(C#N)C(c3cc(COc4ccccc4Br)c(C)cc3C)C3=C2CC(C)(C)CC3=O)c([N+](=O)[O-])c1. The molecule has 1 atom stereocenters. The van der Waals surface area contributed by atoms with Crippen LogP contribution in [0.15, 0.2) is 81.7 Å². The first-order chi connectivity index (χ1) is 20.9. The zero-order valence-electron chi connectivity index (χ0n) is 25.2. The van der Waals surface area contributed by atoms with Crippen molar-refractivity contribution in [2.24, 2.45) is 11.1 Å². The van der Waals surface area contributed by atoms with E-state index in [-0.39, 0.29) is 41.6 Å². The van der Waals surface area contributed by atoms with E-state index in [9.17, 15) is 20.2 Å². The van der Waals surface area contributed by atoms with Gasteiger partial charge in [-0.2, -0.15) is 5.26 Å². The number of nitro benzene ring substituents is 1. The topological polar surface area (TPSA) is 132 Å². The second-order valence-electron chi connectivity index (χ2n) is 11.9. The summed E-state index contributed by atoms with van der Waals surface area (Å²) >= 11 is 3.52. The largest absolute Gasteiger partial charge is 0.496 e. The molecule has 3 aromatic carbocycles. The first kappa shape index (κ1) is 30.8. The normalized spacial score (nSPS) is 17.7. The van der Waals surface area contributed by atoms with E-state index >= 15 is 0 Å². The molecule has 1 aliphatic carbocycles. The van der Waals surface area contributed by atoms with Crippen LogP contribution in [0.2, 0.25) is 0 Å². The van der Waals surface area contributed by atoms with E-state index in [4.69, 9.17) is 15.2 Å². The number of halogens is 1. The Bertz CT molecular complexity index is 1800. The van der Waals surface area contributed by atoms with Crippen molar-refractivity contribution in [3.8, 4) is 17.6 Å². The number of anilines is 1. The summed E-state index contributed by atoms with van der Waals surface area (Å²) in [7, 11) is 1.43. The number of nitrogens with zero attached hydrogens (tertiary/aromatic N) is 3. The zero-order chi connectivity index (χ0) is 31.9. The number of hydrogen-bond donors (Lipinski definition) is 1. The Morgan fingerprint density at radius 1 is 1.14 bits per heavy atom. The van der Waals surface area contributed by atoms with Gasteiger partial charge in [-0.05, 0) is 88.1 Å². The molecule has 9 nitrogen and oxygen atoms in total. The van der Waals surface area contributed by atoms with Crippen LogP contribution in [-0.2, 0) is 11.4 Å². The molecular weight excluding hydrogens is 624 g/mol. The molecule has 0 saturated carbocycles. The van der Waals surface area contributed by atoms with Gasteiger partial charge in [0.1, 0.15) is 29.6 Å². The van der Waals surface area contributed by atoms with Crippen molar-refractivity contribution in [2.75, 3.05) is 12.0 Å². The van der Waals surface area contributed by atoms with Crippen molar-refractivity contribution >= 4 is 33.1 Å². The fourth-order valence-corrected chi connectivity index (χ4v) is 6.56. The highest BCUT2D eigenvalue weighted by Gasteiger charge is 2.46. The third kappa shape index (κ3) is 5.55. The summed E-state index contributed by atoms with van der Waals surface area (Å²) in [6.07, 6.45) is 0.693. The van der Waals surface area contributed by atoms with Crippen LogP contribution in [0.5, 0.6) is 11.5 Å². The number of rotatable bonds is 7. The molecule has 2 aliphatic rings. The van der Waals surface area contributed by atoms with Crippen molar-refractivity contribution < 1.29 is 19.2 Å². The predicted molar refractivity (Wildman–Crippen MR) is 171 cm³/mol. The van der Waals surface area contributed by atoms with E-state index in [0.717, 1.165) is 26.7 Å². The maximum absolute atomic E-state index is 14.1. The summed E-state index contributed by atoms with van der Waals surface area (Å²) in [5.74, 6) is 0.199. The molecule has 1 heterocycles. The highest BCUT2D eigenvalue weighted by atomic mass is 79.9. The van der Waals surface area contributed by atoms with Crippen molar-refractivity contribution in [2.45, 2.75) is 53.1 Å². The van der Waals surface area contributed by atoms with Gasteiger partial charge < -0.3 is 15.2 Å². The number of para-hydroxylation sites is 1. The number of benzene rings is 3. The Labute approximate surface area is 264 Å². The summed E-state index contributed by atoms with van der Waals surface area (Å²) in [6, 6.07) is 18.3. The first-order valence-corrected chi connectivity index (χ1v) is 14.9. The predicted octanol–water partition coefficient (Wildman–Crippen LogP) is 7.50. The number of Topliss-reactive ketones (excluding diaryl/α,β-unsaturated/α-hetero) is 1. The van der Waals surface area contributed by atoms with Crippen molar-refractivity contribution in [1.29, 1.82) is 5.26 Å². The lowest BCUT2D eigenvalue weighted by atomic mass is 9.68. The molecule has 3 aromatic rings. The van der Waals surface area contributed by atoms with Crippen LogP contribution in [-0.4, -0.2) is 17.8 Å². The minimum absolute atomic E-state index is 0.0565. The summed E-state index contributed by atoms with van der Waals surface area (Å²) in [5, 5.41) is 22.8. The number of ether oxygens (including phenoxy) is 2. The van der Waals surface area contributed by atoms with Gasteiger partial charge in [-0.15, -0.1) is 0 Å². The van der Waals surface area contributed by atoms with E-state index in [1.54, 1.807) is 12.1 Å². The fraction of sp³-hybridized carbons (Fsp3) is 0.294. The minimum Gasteiger partial charge on any atom is -0.496 e. The number of carbonyl (C=O) groups excluding carboxylic acids is 1. The number of nitro groups is 1. The van der Waals surface area contributed by atoms with E-state index < -0.39 is 16.3 Å². The average Bonchev–Trinajstić information content (AvgIpc) is 2.96. The minimum atomic E-state index is -0.741. The second kappa shape index (κ2) is 11.8. The van der Waals surface area contributed by atoms with Crippen LogP contribution in [0.3, 0.4) is 0 Å². The zero-order valence-corrected chi connectivity index (χ0v) is 26.8. The van der Waals surface area contributed by atoms with Crippen LogP contribution in [0.1, 0.15) is 54.9 Å².